The van der Waals surface area contributed by atoms with Crippen molar-refractivity contribution in [1.29, 1.82) is 0 Å². The molecule has 1 aliphatic rings. The van der Waals surface area contributed by atoms with E-state index in [1.165, 1.54) is 6.07 Å². The molecule has 1 saturated heterocycles. The summed E-state index contributed by atoms with van der Waals surface area (Å²) < 4.78 is 19.0. The molecule has 0 radical (unpaired) electrons. The zero-order chi connectivity index (χ0) is 13.7. The largest absolute Gasteiger partial charge is 0.481 e. The molecule has 1 N–H and O–H groups in total. The highest BCUT2D eigenvalue weighted by molar-refractivity contribution is 5.78. The van der Waals surface area contributed by atoms with E-state index in [0.717, 1.165) is 31.5 Å². The molecule has 1 aromatic carbocycles. The van der Waals surface area contributed by atoms with Crippen LogP contribution in [0.15, 0.2) is 18.2 Å². The van der Waals surface area contributed by atoms with Crippen LogP contribution in [-0.2, 0) is 11.3 Å². The first kappa shape index (κ1) is 13.8. The maximum atomic E-state index is 13.7. The second kappa shape index (κ2) is 6.52. The summed E-state index contributed by atoms with van der Waals surface area (Å²) in [5, 5.41) is 2.95. The van der Waals surface area contributed by atoms with Crippen molar-refractivity contribution in [3.63, 3.8) is 0 Å². The maximum absolute atomic E-state index is 13.7. The molecule has 104 valence electrons. The van der Waals surface area contributed by atoms with Crippen LogP contribution in [0.5, 0.6) is 5.75 Å². The number of benzene rings is 1. The van der Waals surface area contributed by atoms with Gasteiger partial charge in [-0.1, -0.05) is 6.07 Å². The minimum Gasteiger partial charge on any atom is -0.481 e. The number of nitrogens with zero attached hydrogens (tertiary/aromatic N) is 1. The smallest absolute Gasteiger partial charge is 0.260 e. The van der Waals surface area contributed by atoms with Gasteiger partial charge in [-0.2, -0.15) is 0 Å². The normalized spacial score (nSPS) is 14.7. The number of carbonyl (C=O) groups excluding carboxylic acids is 1. The lowest BCUT2D eigenvalue weighted by Crippen LogP contribution is -2.32. The van der Waals surface area contributed by atoms with E-state index in [9.17, 15) is 9.18 Å². The zero-order valence-corrected chi connectivity index (χ0v) is 11.1. The summed E-state index contributed by atoms with van der Waals surface area (Å²) in [6.07, 6.45) is 2.08. The van der Waals surface area contributed by atoms with E-state index in [1.54, 1.807) is 24.1 Å². The average molecular weight is 266 g/mol. The van der Waals surface area contributed by atoms with Gasteiger partial charge in [-0.25, -0.2) is 4.39 Å². The van der Waals surface area contributed by atoms with E-state index in [4.69, 9.17) is 4.74 Å². The number of hydrogen-bond donors (Lipinski definition) is 1. The predicted octanol–water partition coefficient (Wildman–Crippen LogP) is 1.55. The molecular weight excluding hydrogens is 247 g/mol. The summed E-state index contributed by atoms with van der Waals surface area (Å²) >= 11 is 0. The average Bonchev–Trinajstić information content (AvgIpc) is 2.92. The first-order valence-electron chi connectivity index (χ1n) is 6.54. The Bertz CT molecular complexity index is 445. The number of halogens is 1. The van der Waals surface area contributed by atoms with Gasteiger partial charge < -0.3 is 15.0 Å². The maximum Gasteiger partial charge on any atom is 0.260 e. The van der Waals surface area contributed by atoms with Crippen molar-refractivity contribution in [3.8, 4) is 5.75 Å². The van der Waals surface area contributed by atoms with Crippen molar-refractivity contribution in [3.05, 3.63) is 29.6 Å². The third-order valence-electron chi connectivity index (χ3n) is 3.19. The fourth-order valence-electron chi connectivity index (χ4n) is 2.17. The van der Waals surface area contributed by atoms with E-state index < -0.39 is 5.82 Å². The number of hydrogen-bond acceptors (Lipinski definition) is 3. The van der Waals surface area contributed by atoms with E-state index in [-0.39, 0.29) is 18.3 Å². The van der Waals surface area contributed by atoms with Crippen LogP contribution in [0.4, 0.5) is 4.39 Å². The van der Waals surface area contributed by atoms with Gasteiger partial charge in [-0.05, 0) is 37.6 Å². The quantitative estimate of drug-likeness (QED) is 0.879. The number of ether oxygens (including phenoxy) is 1. The van der Waals surface area contributed by atoms with Gasteiger partial charge in [-0.3, -0.25) is 4.79 Å². The van der Waals surface area contributed by atoms with Gasteiger partial charge in [0.05, 0.1) is 0 Å². The summed E-state index contributed by atoms with van der Waals surface area (Å²) in [4.78, 5) is 13.5. The lowest BCUT2D eigenvalue weighted by molar-refractivity contribution is -0.132. The molecule has 4 nitrogen and oxygen atoms in total. The topological polar surface area (TPSA) is 41.6 Å². The van der Waals surface area contributed by atoms with Crippen LogP contribution in [0.1, 0.15) is 18.4 Å². The molecule has 0 unspecified atom stereocenters. The molecule has 0 saturated carbocycles. The fraction of sp³-hybridized carbons (Fsp3) is 0.500. The summed E-state index contributed by atoms with van der Waals surface area (Å²) in [6, 6.07) is 4.78. The number of amides is 1. The van der Waals surface area contributed by atoms with Crippen LogP contribution < -0.4 is 10.1 Å². The Hall–Kier alpha value is -1.62. The number of nitrogens with one attached hydrogen (secondary N) is 1. The summed E-state index contributed by atoms with van der Waals surface area (Å²) in [7, 11) is 1.80. The lowest BCUT2D eigenvalue weighted by Gasteiger charge is -2.15. The molecule has 19 heavy (non-hydrogen) atoms. The molecule has 0 atom stereocenters. The van der Waals surface area contributed by atoms with Crippen molar-refractivity contribution >= 4 is 5.91 Å². The molecule has 5 heteroatoms. The molecule has 2 rings (SSSR count). The Kier molecular flexibility index (Phi) is 4.74. The van der Waals surface area contributed by atoms with E-state index in [0.29, 0.717) is 6.54 Å². The Morgan fingerprint density at radius 3 is 2.79 bits per heavy atom. The zero-order valence-electron chi connectivity index (χ0n) is 11.1. The molecule has 0 spiro atoms. The summed E-state index contributed by atoms with van der Waals surface area (Å²) in [5.74, 6) is -0.370. The van der Waals surface area contributed by atoms with Crippen LogP contribution in [0.2, 0.25) is 0 Å². The molecule has 0 bridgehead atoms. The van der Waals surface area contributed by atoms with Crippen LogP contribution in [0.3, 0.4) is 0 Å². The van der Waals surface area contributed by atoms with Crippen molar-refractivity contribution in [1.82, 2.24) is 10.2 Å². The molecule has 0 aromatic heterocycles. The minimum absolute atomic E-state index is 0.0730. The second-order valence-corrected chi connectivity index (χ2v) is 4.67. The molecular formula is C14H19FN2O2. The van der Waals surface area contributed by atoms with Crippen LogP contribution >= 0.6 is 0 Å². The van der Waals surface area contributed by atoms with Crippen molar-refractivity contribution in [2.45, 2.75) is 19.4 Å². The van der Waals surface area contributed by atoms with Gasteiger partial charge in [-0.15, -0.1) is 0 Å². The van der Waals surface area contributed by atoms with E-state index in [1.807, 2.05) is 0 Å². The number of carbonyl (C=O) groups is 1. The highest BCUT2D eigenvalue weighted by Crippen LogP contribution is 2.18. The standard InChI is InChI=1S/C14H19FN2O2/c1-16-9-11-4-5-13(12(15)8-11)19-10-14(18)17-6-2-3-7-17/h4-5,8,16H,2-3,6-7,9-10H2,1H3. The van der Waals surface area contributed by atoms with E-state index >= 15 is 0 Å². The summed E-state index contributed by atoms with van der Waals surface area (Å²) in [6.45, 7) is 2.07. The van der Waals surface area contributed by atoms with Crippen molar-refractivity contribution in [2.24, 2.45) is 0 Å². The minimum atomic E-state index is -0.429. The lowest BCUT2D eigenvalue weighted by atomic mass is 10.2. The van der Waals surface area contributed by atoms with Gasteiger partial charge in [0.1, 0.15) is 0 Å². The van der Waals surface area contributed by atoms with Crippen LogP contribution in [0, 0.1) is 5.82 Å². The van der Waals surface area contributed by atoms with Gasteiger partial charge in [0.25, 0.3) is 5.91 Å². The second-order valence-electron chi connectivity index (χ2n) is 4.67. The first-order chi connectivity index (χ1) is 9.20. The van der Waals surface area contributed by atoms with Gasteiger partial charge >= 0.3 is 0 Å². The highest BCUT2D eigenvalue weighted by atomic mass is 19.1. The molecule has 1 aromatic rings. The van der Waals surface area contributed by atoms with Gasteiger partial charge in [0, 0.05) is 19.6 Å². The van der Waals surface area contributed by atoms with Crippen molar-refractivity contribution in [2.75, 3.05) is 26.7 Å². The Labute approximate surface area is 112 Å². The van der Waals surface area contributed by atoms with Crippen LogP contribution in [0.25, 0.3) is 0 Å². The SMILES string of the molecule is CNCc1ccc(OCC(=O)N2CCCC2)c(F)c1. The fourth-order valence-corrected chi connectivity index (χ4v) is 2.17. The molecule has 1 aliphatic heterocycles. The Morgan fingerprint density at radius 1 is 1.42 bits per heavy atom. The third-order valence-corrected chi connectivity index (χ3v) is 3.19. The third kappa shape index (κ3) is 3.67. The number of rotatable bonds is 5. The first-order valence-corrected chi connectivity index (χ1v) is 6.54. The van der Waals surface area contributed by atoms with Crippen molar-refractivity contribution < 1.29 is 13.9 Å². The summed E-state index contributed by atoms with van der Waals surface area (Å²) in [5.41, 5.74) is 0.846. The van der Waals surface area contributed by atoms with Gasteiger partial charge in [0.15, 0.2) is 18.2 Å². The molecule has 1 amide bonds. The molecule has 1 fully saturated rings. The van der Waals surface area contributed by atoms with E-state index in [2.05, 4.69) is 5.32 Å². The Balaban J connectivity index is 1.90. The van der Waals surface area contributed by atoms with Crippen LogP contribution in [-0.4, -0.2) is 37.6 Å². The predicted molar refractivity (Wildman–Crippen MR) is 70.5 cm³/mol. The van der Waals surface area contributed by atoms with Gasteiger partial charge in [0.2, 0.25) is 0 Å². The highest BCUT2D eigenvalue weighted by Gasteiger charge is 2.18. The Morgan fingerprint density at radius 2 is 2.16 bits per heavy atom. The monoisotopic (exact) mass is 266 g/mol. The number of likely N-dealkylation sites (tertiary alicyclic amines) is 1. The molecule has 1 heterocycles. The molecule has 0 aliphatic carbocycles.